The SMILES string of the molecule is Cc1nc([N+](=O)[O-])c2n1C(CC(=O)O)CCC2. The van der Waals surface area contributed by atoms with Crippen molar-refractivity contribution in [3.8, 4) is 0 Å². The average Bonchev–Trinajstić information content (AvgIpc) is 2.56. The Bertz CT molecular complexity index is 480. The lowest BCUT2D eigenvalue weighted by Gasteiger charge is -2.23. The number of nitrogens with zero attached hydrogens (tertiary/aromatic N) is 3. The van der Waals surface area contributed by atoms with E-state index in [9.17, 15) is 14.9 Å². The highest BCUT2D eigenvalue weighted by Crippen LogP contribution is 2.33. The van der Waals surface area contributed by atoms with Crippen LogP contribution in [0.25, 0.3) is 0 Å². The number of carboxylic acids is 1. The second kappa shape index (κ2) is 4.15. The monoisotopic (exact) mass is 239 g/mol. The first-order valence-corrected chi connectivity index (χ1v) is 5.44. The van der Waals surface area contributed by atoms with E-state index >= 15 is 0 Å². The maximum absolute atomic E-state index is 10.8. The van der Waals surface area contributed by atoms with E-state index in [1.807, 2.05) is 0 Å². The number of fused-ring (bicyclic) bond motifs is 1. The van der Waals surface area contributed by atoms with Crippen molar-refractivity contribution < 1.29 is 14.8 Å². The fourth-order valence-corrected chi connectivity index (χ4v) is 2.47. The molecule has 92 valence electrons. The Morgan fingerprint density at radius 2 is 2.41 bits per heavy atom. The normalized spacial score (nSPS) is 18.8. The van der Waals surface area contributed by atoms with Crippen LogP contribution in [0.5, 0.6) is 0 Å². The quantitative estimate of drug-likeness (QED) is 0.635. The van der Waals surface area contributed by atoms with Gasteiger partial charge in [-0.3, -0.25) is 4.79 Å². The van der Waals surface area contributed by atoms with E-state index in [0.29, 0.717) is 17.9 Å². The molecule has 17 heavy (non-hydrogen) atoms. The predicted octanol–water partition coefficient (Wildman–Crippen LogP) is 1.45. The van der Waals surface area contributed by atoms with Crippen LogP contribution in [-0.2, 0) is 11.2 Å². The van der Waals surface area contributed by atoms with E-state index in [2.05, 4.69) is 4.98 Å². The Labute approximate surface area is 97.2 Å². The van der Waals surface area contributed by atoms with Crippen molar-refractivity contribution in [2.45, 2.75) is 38.6 Å². The highest BCUT2D eigenvalue weighted by Gasteiger charge is 2.32. The van der Waals surface area contributed by atoms with Gasteiger partial charge in [0.05, 0.1) is 6.42 Å². The summed E-state index contributed by atoms with van der Waals surface area (Å²) in [5, 5.41) is 19.7. The van der Waals surface area contributed by atoms with Gasteiger partial charge in [-0.15, -0.1) is 0 Å². The van der Waals surface area contributed by atoms with Crippen LogP contribution in [-0.4, -0.2) is 25.6 Å². The summed E-state index contributed by atoms with van der Waals surface area (Å²) in [6.07, 6.45) is 2.08. The van der Waals surface area contributed by atoms with Crippen LogP contribution in [0.3, 0.4) is 0 Å². The highest BCUT2D eigenvalue weighted by atomic mass is 16.6. The lowest BCUT2D eigenvalue weighted by Crippen LogP contribution is -2.21. The van der Waals surface area contributed by atoms with Crippen LogP contribution in [0.2, 0.25) is 0 Å². The zero-order valence-electron chi connectivity index (χ0n) is 9.42. The molecule has 0 aliphatic carbocycles. The summed E-state index contributed by atoms with van der Waals surface area (Å²) in [5.41, 5.74) is 0.560. The predicted molar refractivity (Wildman–Crippen MR) is 57.8 cm³/mol. The summed E-state index contributed by atoms with van der Waals surface area (Å²) in [5.74, 6) is -0.492. The number of hydrogen-bond acceptors (Lipinski definition) is 4. The first-order valence-electron chi connectivity index (χ1n) is 5.44. The Kier molecular flexibility index (Phi) is 2.83. The molecule has 7 nitrogen and oxygen atoms in total. The third kappa shape index (κ3) is 2.00. The number of imidazole rings is 1. The van der Waals surface area contributed by atoms with Gasteiger partial charge in [-0.25, -0.2) is 0 Å². The van der Waals surface area contributed by atoms with Crippen LogP contribution >= 0.6 is 0 Å². The van der Waals surface area contributed by atoms with E-state index in [4.69, 9.17) is 5.11 Å². The molecule has 0 spiro atoms. The molecule has 1 aromatic rings. The molecule has 2 heterocycles. The van der Waals surface area contributed by atoms with Crippen LogP contribution in [0.1, 0.15) is 36.8 Å². The molecule has 0 amide bonds. The van der Waals surface area contributed by atoms with E-state index in [1.165, 1.54) is 0 Å². The molecule has 7 heteroatoms. The van der Waals surface area contributed by atoms with E-state index in [1.54, 1.807) is 11.5 Å². The number of hydrogen-bond donors (Lipinski definition) is 1. The third-order valence-corrected chi connectivity index (χ3v) is 3.06. The molecule has 0 fully saturated rings. The molecule has 1 aliphatic rings. The summed E-state index contributed by atoms with van der Waals surface area (Å²) in [4.78, 5) is 25.0. The molecule has 0 saturated heterocycles. The zero-order valence-corrected chi connectivity index (χ0v) is 9.42. The molecule has 1 aromatic heterocycles. The minimum atomic E-state index is -0.890. The lowest BCUT2D eigenvalue weighted by atomic mass is 10.00. The number of nitro groups is 1. The Morgan fingerprint density at radius 3 is 3.00 bits per heavy atom. The van der Waals surface area contributed by atoms with Gasteiger partial charge in [-0.2, -0.15) is 0 Å². The van der Waals surface area contributed by atoms with Crippen molar-refractivity contribution in [1.82, 2.24) is 9.55 Å². The smallest absolute Gasteiger partial charge is 0.385 e. The minimum Gasteiger partial charge on any atom is -0.481 e. The summed E-state index contributed by atoms with van der Waals surface area (Å²) in [6, 6.07) is -0.211. The number of aromatic nitrogens is 2. The first kappa shape index (κ1) is 11.6. The molecule has 1 unspecified atom stereocenters. The number of carbonyl (C=O) groups is 1. The molecular weight excluding hydrogens is 226 g/mol. The summed E-state index contributed by atoms with van der Waals surface area (Å²) in [7, 11) is 0. The van der Waals surface area contributed by atoms with Crippen molar-refractivity contribution in [3.63, 3.8) is 0 Å². The zero-order chi connectivity index (χ0) is 12.6. The van der Waals surface area contributed by atoms with Gasteiger partial charge in [0.15, 0.2) is 0 Å². The van der Waals surface area contributed by atoms with Gasteiger partial charge in [0.1, 0.15) is 5.69 Å². The third-order valence-electron chi connectivity index (χ3n) is 3.06. The molecule has 2 rings (SSSR count). The van der Waals surface area contributed by atoms with Gasteiger partial charge in [-0.1, -0.05) is 0 Å². The first-order chi connectivity index (χ1) is 8.00. The second-order valence-corrected chi connectivity index (χ2v) is 4.20. The van der Waals surface area contributed by atoms with Crippen LogP contribution in [0.15, 0.2) is 0 Å². The Hall–Kier alpha value is -1.92. The summed E-state index contributed by atoms with van der Waals surface area (Å²) >= 11 is 0. The van der Waals surface area contributed by atoms with E-state index in [-0.39, 0.29) is 18.3 Å². The fourth-order valence-electron chi connectivity index (χ4n) is 2.47. The standard InChI is InChI=1S/C10H13N3O4/c1-6-11-10(13(16)17)8-4-2-3-7(12(6)8)5-9(14)15/h7H,2-5H2,1H3,(H,14,15). The number of aryl methyl sites for hydroxylation is 1. The minimum absolute atomic E-state index is 0.0125. The van der Waals surface area contributed by atoms with Crippen LogP contribution < -0.4 is 0 Å². The van der Waals surface area contributed by atoms with Gasteiger partial charge in [0.2, 0.25) is 5.82 Å². The van der Waals surface area contributed by atoms with Crippen molar-refractivity contribution in [2.75, 3.05) is 0 Å². The van der Waals surface area contributed by atoms with Crippen molar-refractivity contribution in [3.05, 3.63) is 21.6 Å². The fraction of sp³-hybridized carbons (Fsp3) is 0.600. The maximum Gasteiger partial charge on any atom is 0.385 e. The molecule has 0 aromatic carbocycles. The largest absolute Gasteiger partial charge is 0.481 e. The Balaban J connectivity index is 2.44. The molecule has 1 N–H and O–H groups in total. The number of carboxylic acid groups (broad SMARTS) is 1. The van der Waals surface area contributed by atoms with Gasteiger partial charge >= 0.3 is 11.8 Å². The average molecular weight is 239 g/mol. The van der Waals surface area contributed by atoms with Crippen LogP contribution in [0, 0.1) is 17.0 Å². The van der Waals surface area contributed by atoms with Crippen molar-refractivity contribution in [1.29, 1.82) is 0 Å². The summed E-state index contributed by atoms with van der Waals surface area (Å²) in [6.45, 7) is 1.68. The summed E-state index contributed by atoms with van der Waals surface area (Å²) < 4.78 is 1.72. The van der Waals surface area contributed by atoms with E-state index in [0.717, 1.165) is 12.8 Å². The van der Waals surface area contributed by atoms with Gasteiger partial charge in [-0.05, 0) is 29.2 Å². The van der Waals surface area contributed by atoms with Gasteiger partial charge < -0.3 is 19.8 Å². The molecule has 0 saturated carbocycles. The van der Waals surface area contributed by atoms with E-state index < -0.39 is 10.9 Å². The molecular formula is C10H13N3O4. The maximum atomic E-state index is 10.8. The van der Waals surface area contributed by atoms with Gasteiger partial charge in [0, 0.05) is 13.0 Å². The van der Waals surface area contributed by atoms with Crippen molar-refractivity contribution in [2.24, 2.45) is 0 Å². The topological polar surface area (TPSA) is 98.3 Å². The van der Waals surface area contributed by atoms with Crippen molar-refractivity contribution >= 4 is 11.8 Å². The highest BCUT2D eigenvalue weighted by molar-refractivity contribution is 5.67. The number of rotatable bonds is 3. The molecule has 1 atom stereocenters. The molecule has 0 bridgehead atoms. The second-order valence-electron chi connectivity index (χ2n) is 4.20. The number of aliphatic carboxylic acids is 1. The lowest BCUT2D eigenvalue weighted by molar-refractivity contribution is -0.390. The van der Waals surface area contributed by atoms with Gasteiger partial charge in [0.25, 0.3) is 0 Å². The molecule has 1 aliphatic heterocycles. The molecule has 0 radical (unpaired) electrons. The Morgan fingerprint density at radius 1 is 1.71 bits per heavy atom. The van der Waals surface area contributed by atoms with Crippen LogP contribution in [0.4, 0.5) is 5.82 Å².